The average Bonchev–Trinajstić information content (AvgIpc) is 3.46. The van der Waals surface area contributed by atoms with Gasteiger partial charge in [0.1, 0.15) is 17.1 Å². The van der Waals surface area contributed by atoms with Gasteiger partial charge < -0.3 is 27.3 Å². The van der Waals surface area contributed by atoms with Crippen LogP contribution in [0.3, 0.4) is 0 Å². The number of hydrogen-bond donors (Lipinski definition) is 4. The highest BCUT2D eigenvalue weighted by Gasteiger charge is 2.56. The Morgan fingerprint density at radius 3 is 2.79 bits per heavy atom. The van der Waals surface area contributed by atoms with E-state index in [1.807, 2.05) is 13.0 Å². The first-order valence-electron chi connectivity index (χ1n) is 11.4. The van der Waals surface area contributed by atoms with Crippen LogP contribution >= 0.6 is 0 Å². The molecule has 0 saturated heterocycles. The summed E-state index contributed by atoms with van der Waals surface area (Å²) in [6.45, 7) is 6.81. The third-order valence-electron chi connectivity index (χ3n) is 7.12. The summed E-state index contributed by atoms with van der Waals surface area (Å²) in [5.74, 6) is -0.141. The third-order valence-corrected chi connectivity index (χ3v) is 7.12. The van der Waals surface area contributed by atoms with E-state index >= 15 is 0 Å². The summed E-state index contributed by atoms with van der Waals surface area (Å²) in [4.78, 5) is 25.4. The molecule has 1 aliphatic heterocycles. The Hall–Kier alpha value is -3.17. The predicted molar refractivity (Wildman–Crippen MR) is 123 cm³/mol. The first kappa shape index (κ1) is 21.7. The molecule has 174 valence electrons. The van der Waals surface area contributed by atoms with Crippen molar-refractivity contribution < 1.29 is 14.3 Å². The fourth-order valence-electron chi connectivity index (χ4n) is 5.36. The largest absolute Gasteiger partial charge is 0.493 e. The smallest absolute Gasteiger partial charge is 0.271 e. The number of amides is 2. The van der Waals surface area contributed by atoms with Crippen molar-refractivity contribution in [3.8, 4) is 5.75 Å². The SMILES string of the molecule is C=CC[C@@H]1COc2cc(C(N)=O)cc3c2[C@H]1[C@](N)(NC(=O)c1cc(C)nn1CC1CC1)[C@H]3N. The van der Waals surface area contributed by atoms with Gasteiger partial charge in [-0.15, -0.1) is 6.58 Å². The van der Waals surface area contributed by atoms with Crippen LogP contribution in [0.1, 0.15) is 68.9 Å². The molecule has 0 bridgehead atoms. The maximum absolute atomic E-state index is 13.5. The number of benzene rings is 1. The summed E-state index contributed by atoms with van der Waals surface area (Å²) < 4.78 is 7.75. The lowest BCUT2D eigenvalue weighted by Gasteiger charge is -2.41. The number of allylic oxidation sites excluding steroid dienone is 1. The minimum Gasteiger partial charge on any atom is -0.493 e. The summed E-state index contributed by atoms with van der Waals surface area (Å²) in [6.07, 6.45) is 4.76. The van der Waals surface area contributed by atoms with Gasteiger partial charge in [0.05, 0.1) is 18.3 Å². The molecule has 2 aromatic rings. The zero-order chi connectivity index (χ0) is 23.5. The Morgan fingerprint density at radius 1 is 1.36 bits per heavy atom. The second-order valence-corrected chi connectivity index (χ2v) is 9.58. The van der Waals surface area contributed by atoms with E-state index in [0.717, 1.165) is 24.1 Å². The van der Waals surface area contributed by atoms with Crippen LogP contribution in [-0.2, 0) is 6.54 Å². The van der Waals surface area contributed by atoms with Crippen molar-refractivity contribution in [2.75, 3.05) is 6.61 Å². The maximum Gasteiger partial charge on any atom is 0.271 e. The lowest BCUT2D eigenvalue weighted by Crippen LogP contribution is -2.64. The van der Waals surface area contributed by atoms with Crippen molar-refractivity contribution in [3.05, 3.63) is 58.9 Å². The van der Waals surface area contributed by atoms with Crippen molar-refractivity contribution in [1.29, 1.82) is 0 Å². The molecule has 4 atom stereocenters. The number of hydrogen-bond acceptors (Lipinski definition) is 6. The molecule has 1 fully saturated rings. The standard InChI is InChI=1S/C24H30N6O3/c1-3-4-14-11-33-18-9-15(22(26)31)8-16-19(18)20(14)24(27,21(16)25)28-23(32)17-7-12(2)29-30(17)10-13-5-6-13/h3,7-9,13-14,20-21H,1,4-6,10-11,25,27H2,2H3,(H2,26,31)(H,28,32)/t14-,20+,21+,24+/m1/s1. The monoisotopic (exact) mass is 450 g/mol. The molecule has 1 aromatic carbocycles. The van der Waals surface area contributed by atoms with Crippen LogP contribution in [0.2, 0.25) is 0 Å². The van der Waals surface area contributed by atoms with E-state index in [1.54, 1.807) is 22.9 Å². The van der Waals surface area contributed by atoms with E-state index in [-0.39, 0.29) is 17.7 Å². The number of nitrogens with one attached hydrogen (secondary N) is 1. The van der Waals surface area contributed by atoms with E-state index in [1.165, 1.54) is 0 Å². The molecular weight excluding hydrogens is 420 g/mol. The van der Waals surface area contributed by atoms with Crippen LogP contribution in [0, 0.1) is 18.8 Å². The molecule has 2 amide bonds. The highest BCUT2D eigenvalue weighted by Crippen LogP contribution is 2.55. The van der Waals surface area contributed by atoms with E-state index in [4.69, 9.17) is 21.9 Å². The molecule has 0 unspecified atom stereocenters. The molecule has 2 heterocycles. The zero-order valence-corrected chi connectivity index (χ0v) is 18.7. The van der Waals surface area contributed by atoms with Gasteiger partial charge in [-0.3, -0.25) is 14.3 Å². The summed E-state index contributed by atoms with van der Waals surface area (Å²) in [5, 5.41) is 7.57. The Balaban J connectivity index is 1.55. The molecule has 33 heavy (non-hydrogen) atoms. The second kappa shape index (κ2) is 7.71. The minimum absolute atomic E-state index is 0.0369. The van der Waals surface area contributed by atoms with Crippen LogP contribution in [0.15, 0.2) is 30.9 Å². The normalized spacial score (nSPS) is 27.5. The van der Waals surface area contributed by atoms with E-state index in [0.29, 0.717) is 48.1 Å². The molecule has 1 aromatic heterocycles. The van der Waals surface area contributed by atoms with Gasteiger partial charge in [0.2, 0.25) is 5.91 Å². The summed E-state index contributed by atoms with van der Waals surface area (Å²) in [7, 11) is 0. The predicted octanol–water partition coefficient (Wildman–Crippen LogP) is 1.47. The third kappa shape index (κ3) is 3.52. The van der Waals surface area contributed by atoms with Crippen LogP contribution in [0.4, 0.5) is 0 Å². The molecule has 2 aliphatic carbocycles. The molecule has 9 heteroatoms. The number of primary amides is 1. The fourth-order valence-corrected chi connectivity index (χ4v) is 5.36. The van der Waals surface area contributed by atoms with Gasteiger partial charge in [-0.1, -0.05) is 6.08 Å². The van der Waals surface area contributed by atoms with Gasteiger partial charge in [0, 0.05) is 29.5 Å². The molecule has 7 N–H and O–H groups in total. The fraction of sp³-hybridized carbons (Fsp3) is 0.458. The Morgan fingerprint density at radius 2 is 2.12 bits per heavy atom. The number of carbonyl (C=O) groups excluding carboxylic acids is 2. The lowest BCUT2D eigenvalue weighted by atomic mass is 9.77. The number of nitrogens with zero attached hydrogens (tertiary/aromatic N) is 2. The highest BCUT2D eigenvalue weighted by atomic mass is 16.5. The molecular formula is C24H30N6O3. The van der Waals surface area contributed by atoms with E-state index < -0.39 is 17.6 Å². The van der Waals surface area contributed by atoms with E-state index in [2.05, 4.69) is 17.0 Å². The van der Waals surface area contributed by atoms with Gasteiger partial charge in [0.25, 0.3) is 5.91 Å². The number of rotatable bonds is 7. The van der Waals surface area contributed by atoms with Gasteiger partial charge in [-0.05, 0) is 55.9 Å². The van der Waals surface area contributed by atoms with Crippen molar-refractivity contribution in [2.24, 2.45) is 29.0 Å². The number of nitrogens with two attached hydrogens (primary N) is 3. The van der Waals surface area contributed by atoms with Crippen LogP contribution < -0.4 is 27.3 Å². The van der Waals surface area contributed by atoms with Crippen molar-refractivity contribution in [3.63, 3.8) is 0 Å². The average molecular weight is 451 g/mol. The topological polar surface area (TPSA) is 151 Å². The molecule has 5 rings (SSSR count). The highest BCUT2D eigenvalue weighted by molar-refractivity contribution is 5.95. The molecule has 0 spiro atoms. The lowest BCUT2D eigenvalue weighted by molar-refractivity contribution is 0.0793. The number of carbonyl (C=O) groups is 2. The quantitative estimate of drug-likeness (QED) is 0.370. The molecule has 0 radical (unpaired) electrons. The van der Waals surface area contributed by atoms with Gasteiger partial charge >= 0.3 is 0 Å². The van der Waals surface area contributed by atoms with E-state index in [9.17, 15) is 9.59 Å². The maximum atomic E-state index is 13.5. The van der Waals surface area contributed by atoms with Crippen LogP contribution in [0.25, 0.3) is 0 Å². The Labute approximate surface area is 192 Å². The minimum atomic E-state index is -1.29. The number of aromatic nitrogens is 2. The summed E-state index contributed by atoms with van der Waals surface area (Å²) >= 11 is 0. The zero-order valence-electron chi connectivity index (χ0n) is 18.7. The molecule has 1 saturated carbocycles. The van der Waals surface area contributed by atoms with Crippen LogP contribution in [0.5, 0.6) is 5.75 Å². The van der Waals surface area contributed by atoms with Crippen molar-refractivity contribution in [1.82, 2.24) is 15.1 Å². The Bertz CT molecular complexity index is 1150. The van der Waals surface area contributed by atoms with Gasteiger partial charge in [0.15, 0.2) is 0 Å². The summed E-state index contributed by atoms with van der Waals surface area (Å²) in [6, 6.07) is 4.32. The molecule has 3 aliphatic rings. The van der Waals surface area contributed by atoms with Gasteiger partial charge in [-0.2, -0.15) is 5.10 Å². The first-order chi connectivity index (χ1) is 15.7. The first-order valence-corrected chi connectivity index (χ1v) is 11.4. The molecule has 9 nitrogen and oxygen atoms in total. The number of aryl methyl sites for hydroxylation is 1. The number of ether oxygens (including phenoxy) is 1. The second-order valence-electron chi connectivity index (χ2n) is 9.58. The van der Waals surface area contributed by atoms with Crippen molar-refractivity contribution >= 4 is 11.8 Å². The van der Waals surface area contributed by atoms with Crippen molar-refractivity contribution in [2.45, 2.75) is 50.4 Å². The van der Waals surface area contributed by atoms with Crippen LogP contribution in [-0.4, -0.2) is 33.9 Å². The summed E-state index contributed by atoms with van der Waals surface area (Å²) in [5.41, 5.74) is 20.9. The Kier molecular flexibility index (Phi) is 5.06. The van der Waals surface area contributed by atoms with Gasteiger partial charge in [-0.25, -0.2) is 0 Å².